The third kappa shape index (κ3) is 34.0. The summed E-state index contributed by atoms with van der Waals surface area (Å²) in [5, 5.41) is 13.8. The molecule has 0 aromatic carbocycles. The van der Waals surface area contributed by atoms with Crippen molar-refractivity contribution in [3.63, 3.8) is 0 Å². The second-order valence-corrected chi connectivity index (χ2v) is 13.3. The zero-order chi connectivity index (χ0) is 32.2. The summed E-state index contributed by atoms with van der Waals surface area (Å²) in [6.45, 7) is 11.2. The molecule has 0 rings (SSSR count). The average Bonchev–Trinajstić information content (AvgIpc) is 3.01. The van der Waals surface area contributed by atoms with E-state index in [1.54, 1.807) is 6.08 Å². The lowest BCUT2D eigenvalue weighted by atomic mass is 10.0. The van der Waals surface area contributed by atoms with E-state index < -0.39 is 6.10 Å². The van der Waals surface area contributed by atoms with Crippen molar-refractivity contribution in [3.8, 4) is 0 Å². The monoisotopic (exact) mass is 623 g/mol. The molecule has 0 bridgehead atoms. The Morgan fingerprint density at radius 3 is 1.50 bits per heavy atom. The fourth-order valence-corrected chi connectivity index (χ4v) is 5.98. The van der Waals surface area contributed by atoms with Gasteiger partial charge in [0.05, 0.1) is 12.7 Å². The van der Waals surface area contributed by atoms with Crippen LogP contribution in [-0.4, -0.2) is 61.4 Å². The number of aliphatic hydroxyl groups is 1. The lowest BCUT2D eigenvalue weighted by Gasteiger charge is -2.24. The van der Waals surface area contributed by atoms with Crippen LogP contribution in [0.4, 0.5) is 0 Å². The van der Waals surface area contributed by atoms with Crippen LogP contribution in [0.2, 0.25) is 0 Å². The van der Waals surface area contributed by atoms with Crippen LogP contribution in [0.1, 0.15) is 188 Å². The predicted molar refractivity (Wildman–Crippen MR) is 192 cm³/mol. The molecule has 0 aromatic heterocycles. The smallest absolute Gasteiger partial charge is 0.330 e. The molecule has 0 radical (unpaired) electrons. The van der Waals surface area contributed by atoms with Gasteiger partial charge in [-0.2, -0.15) is 0 Å². The maximum Gasteiger partial charge on any atom is 0.330 e. The summed E-state index contributed by atoms with van der Waals surface area (Å²) in [7, 11) is 0. The Kier molecular flexibility index (Phi) is 35.8. The molecule has 1 atom stereocenters. The average molecular weight is 623 g/mol. The molecule has 5 nitrogen and oxygen atoms in total. The summed E-state index contributed by atoms with van der Waals surface area (Å²) in [5.74, 6) is -0.261. The predicted octanol–water partition coefficient (Wildman–Crippen LogP) is 10.5. The molecule has 0 spiro atoms. The largest absolute Gasteiger partial charge is 0.463 e. The van der Waals surface area contributed by atoms with Gasteiger partial charge in [0.2, 0.25) is 0 Å². The number of carbonyl (C=O) groups is 1. The van der Waals surface area contributed by atoms with Crippen LogP contribution in [0.3, 0.4) is 0 Å². The van der Waals surface area contributed by atoms with E-state index in [0.717, 1.165) is 32.4 Å². The second-order valence-electron chi connectivity index (χ2n) is 13.3. The van der Waals surface area contributed by atoms with Crippen molar-refractivity contribution in [2.75, 3.05) is 39.3 Å². The zero-order valence-corrected chi connectivity index (χ0v) is 30.1. The van der Waals surface area contributed by atoms with Crippen molar-refractivity contribution >= 4 is 5.97 Å². The summed E-state index contributed by atoms with van der Waals surface area (Å²) < 4.78 is 5.34. The Bertz CT molecular complexity index is 598. The van der Waals surface area contributed by atoms with Crippen molar-refractivity contribution in [2.45, 2.75) is 194 Å². The molecule has 5 heteroatoms. The zero-order valence-electron chi connectivity index (χ0n) is 30.1. The fraction of sp³-hybridized carbons (Fsp3) is 0.923. The first-order chi connectivity index (χ1) is 21.6. The molecule has 0 amide bonds. The van der Waals surface area contributed by atoms with E-state index in [9.17, 15) is 9.90 Å². The number of hydrogen-bond acceptors (Lipinski definition) is 5. The highest BCUT2D eigenvalue weighted by atomic mass is 16.5. The van der Waals surface area contributed by atoms with Gasteiger partial charge < -0.3 is 20.1 Å². The van der Waals surface area contributed by atoms with Gasteiger partial charge in [0.1, 0.15) is 0 Å². The molecular weight excluding hydrogens is 544 g/mol. The number of aliphatic hydroxyl groups excluding tert-OH is 1. The summed E-state index contributed by atoms with van der Waals surface area (Å²) in [6.07, 6.45) is 37.6. The van der Waals surface area contributed by atoms with Crippen LogP contribution in [0.25, 0.3) is 0 Å². The minimum Gasteiger partial charge on any atom is -0.463 e. The van der Waals surface area contributed by atoms with Gasteiger partial charge in [-0.05, 0) is 32.4 Å². The Hall–Kier alpha value is -0.910. The van der Waals surface area contributed by atoms with Gasteiger partial charge in [0.25, 0.3) is 0 Å². The molecule has 0 aliphatic rings. The first-order valence-electron chi connectivity index (χ1n) is 19.6. The van der Waals surface area contributed by atoms with Gasteiger partial charge in [-0.15, -0.1) is 0 Å². The molecular formula is C39H78N2O3. The molecule has 2 N–H and O–H groups in total. The van der Waals surface area contributed by atoms with E-state index in [2.05, 4.69) is 31.0 Å². The third-order valence-electron chi connectivity index (χ3n) is 8.72. The molecule has 0 aromatic rings. The number of nitrogens with zero attached hydrogens (tertiary/aromatic N) is 1. The number of carbonyl (C=O) groups excluding carboxylic acids is 1. The van der Waals surface area contributed by atoms with Crippen molar-refractivity contribution < 1.29 is 14.6 Å². The minimum atomic E-state index is -0.394. The van der Waals surface area contributed by atoms with Gasteiger partial charge in [0.15, 0.2) is 0 Å². The summed E-state index contributed by atoms with van der Waals surface area (Å²) >= 11 is 0. The van der Waals surface area contributed by atoms with Gasteiger partial charge in [-0.1, -0.05) is 175 Å². The van der Waals surface area contributed by atoms with E-state index in [4.69, 9.17) is 4.74 Å². The number of rotatable bonds is 36. The lowest BCUT2D eigenvalue weighted by Crippen LogP contribution is -2.39. The Morgan fingerprint density at radius 2 is 1.05 bits per heavy atom. The molecule has 262 valence electrons. The quantitative estimate of drug-likeness (QED) is 0.0413. The van der Waals surface area contributed by atoms with Crippen molar-refractivity contribution in [1.82, 2.24) is 10.2 Å². The summed E-state index contributed by atoms with van der Waals surface area (Å²) in [4.78, 5) is 14.3. The minimum absolute atomic E-state index is 0.261. The fourth-order valence-electron chi connectivity index (χ4n) is 5.98. The molecule has 0 aliphatic carbocycles. The normalized spacial score (nSPS) is 12.5. The Morgan fingerprint density at radius 1 is 0.614 bits per heavy atom. The van der Waals surface area contributed by atoms with Gasteiger partial charge in [0, 0.05) is 25.7 Å². The van der Waals surface area contributed by atoms with E-state index >= 15 is 0 Å². The molecule has 0 saturated carbocycles. The van der Waals surface area contributed by atoms with Crippen molar-refractivity contribution in [3.05, 3.63) is 12.2 Å². The Labute approximate surface area is 275 Å². The number of hydrogen-bond donors (Lipinski definition) is 2. The molecule has 44 heavy (non-hydrogen) atoms. The number of esters is 1. The van der Waals surface area contributed by atoms with Crippen LogP contribution in [0, 0.1) is 0 Å². The van der Waals surface area contributed by atoms with E-state index in [-0.39, 0.29) is 5.97 Å². The van der Waals surface area contributed by atoms with E-state index in [1.165, 1.54) is 154 Å². The topological polar surface area (TPSA) is 61.8 Å². The Balaban J connectivity index is 3.63. The first-order valence-corrected chi connectivity index (χ1v) is 19.6. The van der Waals surface area contributed by atoms with Crippen molar-refractivity contribution in [2.24, 2.45) is 0 Å². The third-order valence-corrected chi connectivity index (χ3v) is 8.72. The molecule has 0 heterocycles. The van der Waals surface area contributed by atoms with Crippen LogP contribution in [0.5, 0.6) is 0 Å². The first kappa shape index (κ1) is 43.1. The maximum atomic E-state index is 11.9. The van der Waals surface area contributed by atoms with Crippen LogP contribution >= 0.6 is 0 Å². The SMILES string of the molecule is CCCCCCCCCCCCCCCOC(=O)/C=C/CNCC(O)CN(CCC)CCCCCCCCCCCCCC. The molecule has 0 saturated heterocycles. The molecule has 1 unspecified atom stereocenters. The molecule has 0 aliphatic heterocycles. The van der Waals surface area contributed by atoms with Crippen LogP contribution < -0.4 is 5.32 Å². The number of nitrogens with one attached hydrogen (secondary N) is 1. The summed E-state index contributed by atoms with van der Waals surface area (Å²) in [6, 6.07) is 0. The number of ether oxygens (including phenoxy) is 1. The number of unbranched alkanes of at least 4 members (excludes halogenated alkanes) is 23. The highest BCUT2D eigenvalue weighted by molar-refractivity contribution is 5.81. The van der Waals surface area contributed by atoms with Crippen LogP contribution in [-0.2, 0) is 9.53 Å². The summed E-state index contributed by atoms with van der Waals surface area (Å²) in [5.41, 5.74) is 0. The maximum absolute atomic E-state index is 11.9. The standard InChI is InChI=1S/C39H78N2O3/c1-4-7-9-11-13-15-17-19-21-23-25-27-29-35-44-39(43)31-30-32-40-36-38(42)37-41(33-6-3)34-28-26-24-22-20-18-16-14-12-10-8-5-2/h30-31,38,40,42H,4-29,32-37H2,1-3H3/b31-30+. The highest BCUT2D eigenvalue weighted by Gasteiger charge is 2.10. The van der Waals surface area contributed by atoms with Gasteiger partial charge >= 0.3 is 5.97 Å². The van der Waals surface area contributed by atoms with Gasteiger partial charge in [-0.3, -0.25) is 0 Å². The lowest BCUT2D eigenvalue weighted by molar-refractivity contribution is -0.137. The van der Waals surface area contributed by atoms with Crippen LogP contribution in [0.15, 0.2) is 12.2 Å². The van der Waals surface area contributed by atoms with Crippen molar-refractivity contribution in [1.29, 1.82) is 0 Å². The second kappa shape index (κ2) is 36.6. The van der Waals surface area contributed by atoms with E-state index in [0.29, 0.717) is 26.2 Å². The highest BCUT2D eigenvalue weighted by Crippen LogP contribution is 2.14. The van der Waals surface area contributed by atoms with E-state index in [1.807, 2.05) is 0 Å². The van der Waals surface area contributed by atoms with Gasteiger partial charge in [-0.25, -0.2) is 4.79 Å². The molecule has 0 fully saturated rings.